The fraction of sp³-hybridized carbons (Fsp3) is 0.172. The van der Waals surface area contributed by atoms with Gasteiger partial charge in [0.2, 0.25) is 16.1 Å². The van der Waals surface area contributed by atoms with Gasteiger partial charge in [0.25, 0.3) is 0 Å². The Labute approximate surface area is 228 Å². The molecule has 0 fully saturated rings. The predicted molar refractivity (Wildman–Crippen MR) is 152 cm³/mol. The molecular weight excluding hydrogens is 520 g/mol. The van der Waals surface area contributed by atoms with Crippen molar-refractivity contribution < 1.29 is 24.3 Å². The SMILES string of the molecule is CN(C(=O)C(CSC(=O)c1ccccc1)SC(=O)c1ccccc1)[C@@H](Cc1c[nH]c2ccccc12)C(=O)O. The van der Waals surface area contributed by atoms with E-state index in [2.05, 4.69) is 4.98 Å². The van der Waals surface area contributed by atoms with E-state index in [0.717, 1.165) is 40.0 Å². The highest BCUT2D eigenvalue weighted by molar-refractivity contribution is 8.18. The van der Waals surface area contributed by atoms with Crippen molar-refractivity contribution in [3.8, 4) is 0 Å². The van der Waals surface area contributed by atoms with Crippen LogP contribution in [-0.4, -0.2) is 61.2 Å². The van der Waals surface area contributed by atoms with Crippen LogP contribution in [0.15, 0.2) is 91.1 Å². The Bertz CT molecular complexity index is 1440. The van der Waals surface area contributed by atoms with Gasteiger partial charge in [-0.05, 0) is 11.6 Å². The maximum Gasteiger partial charge on any atom is 0.326 e. The molecule has 2 N–H and O–H groups in total. The third kappa shape index (κ3) is 6.54. The monoisotopic (exact) mass is 546 g/mol. The maximum atomic E-state index is 13.7. The minimum atomic E-state index is -1.16. The molecule has 0 radical (unpaired) electrons. The number of benzene rings is 3. The second kappa shape index (κ2) is 12.6. The molecule has 4 rings (SSSR count). The number of H-pyrrole nitrogens is 1. The summed E-state index contributed by atoms with van der Waals surface area (Å²) in [4.78, 5) is 55.9. The number of nitrogens with one attached hydrogen (secondary N) is 1. The first-order valence-corrected chi connectivity index (χ1v) is 13.7. The van der Waals surface area contributed by atoms with Crippen LogP contribution in [-0.2, 0) is 16.0 Å². The number of rotatable bonds is 10. The molecule has 1 amide bonds. The zero-order valence-corrected chi connectivity index (χ0v) is 22.2. The molecule has 0 spiro atoms. The van der Waals surface area contributed by atoms with Gasteiger partial charge in [0.15, 0.2) is 0 Å². The summed E-state index contributed by atoms with van der Waals surface area (Å²) in [5.41, 5.74) is 2.55. The van der Waals surface area contributed by atoms with E-state index < -0.39 is 23.2 Å². The molecule has 194 valence electrons. The van der Waals surface area contributed by atoms with Gasteiger partial charge < -0.3 is 15.0 Å². The molecule has 9 heteroatoms. The number of para-hydroxylation sites is 1. The van der Waals surface area contributed by atoms with Crippen LogP contribution in [0.4, 0.5) is 0 Å². The molecule has 4 aromatic rings. The van der Waals surface area contributed by atoms with Gasteiger partial charge in [-0.15, -0.1) is 0 Å². The maximum absolute atomic E-state index is 13.7. The Morgan fingerprint density at radius 3 is 2.05 bits per heavy atom. The van der Waals surface area contributed by atoms with Gasteiger partial charge in [-0.2, -0.15) is 0 Å². The lowest BCUT2D eigenvalue weighted by molar-refractivity contribution is -0.148. The lowest BCUT2D eigenvalue weighted by atomic mass is 10.0. The number of likely N-dealkylation sites (N-methyl/N-ethyl adjacent to an activating group) is 1. The summed E-state index contributed by atoms with van der Waals surface area (Å²) in [6, 6.07) is 23.6. The van der Waals surface area contributed by atoms with E-state index in [9.17, 15) is 24.3 Å². The largest absolute Gasteiger partial charge is 0.480 e. The van der Waals surface area contributed by atoms with Gasteiger partial charge in [0, 0.05) is 47.4 Å². The summed E-state index contributed by atoms with van der Waals surface area (Å²) in [7, 11) is 1.43. The van der Waals surface area contributed by atoms with Crippen molar-refractivity contribution in [2.75, 3.05) is 12.8 Å². The third-order valence-electron chi connectivity index (χ3n) is 6.10. The zero-order valence-electron chi connectivity index (χ0n) is 20.6. The Morgan fingerprint density at radius 1 is 0.842 bits per heavy atom. The number of aliphatic carboxylic acids is 1. The van der Waals surface area contributed by atoms with Crippen LogP contribution in [0.25, 0.3) is 10.9 Å². The minimum Gasteiger partial charge on any atom is -0.480 e. The third-order valence-corrected chi connectivity index (χ3v) is 8.41. The van der Waals surface area contributed by atoms with E-state index >= 15 is 0 Å². The van der Waals surface area contributed by atoms with Crippen molar-refractivity contribution in [1.82, 2.24) is 9.88 Å². The zero-order chi connectivity index (χ0) is 27.1. The van der Waals surface area contributed by atoms with Gasteiger partial charge in [0.05, 0.1) is 0 Å². The lowest BCUT2D eigenvalue weighted by Crippen LogP contribution is -2.48. The number of aromatic nitrogens is 1. The van der Waals surface area contributed by atoms with Gasteiger partial charge in [-0.3, -0.25) is 14.4 Å². The fourth-order valence-corrected chi connectivity index (χ4v) is 6.04. The number of nitrogens with zero attached hydrogens (tertiary/aromatic N) is 1. The standard InChI is InChI=1S/C29H26N2O5S2/c1-31(24(27(33)34)16-21-17-30-23-15-9-8-14-22(21)23)26(32)25(38-29(36)20-12-6-3-7-13-20)18-37-28(35)19-10-4-2-5-11-19/h2-15,17,24-25,30H,16,18H2,1H3,(H,33,34)/t24-,25?/m0/s1. The number of fused-ring (bicyclic) bond motifs is 1. The normalized spacial score (nSPS) is 12.6. The van der Waals surface area contributed by atoms with E-state index in [1.165, 1.54) is 11.9 Å². The summed E-state index contributed by atoms with van der Waals surface area (Å²) in [5, 5.41) is 9.40. The number of aromatic amines is 1. The molecule has 3 aromatic carbocycles. The molecule has 0 aliphatic heterocycles. The van der Waals surface area contributed by atoms with Crippen molar-refractivity contribution in [1.29, 1.82) is 0 Å². The molecule has 7 nitrogen and oxygen atoms in total. The molecule has 1 aromatic heterocycles. The Balaban J connectivity index is 1.55. The number of carboxylic acids is 1. The van der Waals surface area contributed by atoms with Crippen LogP contribution in [0.2, 0.25) is 0 Å². The summed E-state index contributed by atoms with van der Waals surface area (Å²) < 4.78 is 0. The summed E-state index contributed by atoms with van der Waals surface area (Å²) in [6.45, 7) is 0. The molecule has 0 saturated heterocycles. The molecule has 0 aliphatic carbocycles. The smallest absolute Gasteiger partial charge is 0.326 e. The predicted octanol–water partition coefficient (Wildman–Crippen LogP) is 5.14. The minimum absolute atomic E-state index is 0.0135. The first-order valence-electron chi connectivity index (χ1n) is 11.9. The van der Waals surface area contributed by atoms with Crippen molar-refractivity contribution in [3.63, 3.8) is 0 Å². The molecule has 0 aliphatic rings. The molecule has 1 heterocycles. The molecule has 1 unspecified atom stereocenters. The topological polar surface area (TPSA) is 108 Å². The van der Waals surface area contributed by atoms with E-state index in [1.807, 2.05) is 24.3 Å². The number of carbonyl (C=O) groups is 4. The molecule has 0 saturated carbocycles. The van der Waals surface area contributed by atoms with Gasteiger partial charge in [-0.25, -0.2) is 4.79 Å². The van der Waals surface area contributed by atoms with Crippen LogP contribution in [0.5, 0.6) is 0 Å². The van der Waals surface area contributed by atoms with E-state index in [1.54, 1.807) is 66.9 Å². The first kappa shape index (κ1) is 27.2. The number of amides is 1. The summed E-state index contributed by atoms with van der Waals surface area (Å²) in [5.74, 6) is -1.67. The van der Waals surface area contributed by atoms with Crippen molar-refractivity contribution >= 4 is 56.5 Å². The van der Waals surface area contributed by atoms with E-state index in [4.69, 9.17) is 0 Å². The molecule has 2 atom stereocenters. The van der Waals surface area contributed by atoms with Crippen LogP contribution < -0.4 is 0 Å². The number of carbonyl (C=O) groups excluding carboxylic acids is 3. The average molecular weight is 547 g/mol. The highest BCUT2D eigenvalue weighted by atomic mass is 32.2. The second-order valence-corrected chi connectivity index (χ2v) is 10.8. The van der Waals surface area contributed by atoms with E-state index in [-0.39, 0.29) is 22.4 Å². The Kier molecular flexibility index (Phi) is 9.04. The molecule has 38 heavy (non-hydrogen) atoms. The van der Waals surface area contributed by atoms with Crippen LogP contribution >= 0.6 is 23.5 Å². The van der Waals surface area contributed by atoms with Crippen molar-refractivity contribution in [3.05, 3.63) is 108 Å². The number of hydrogen-bond acceptors (Lipinski definition) is 6. The van der Waals surface area contributed by atoms with Crippen LogP contribution in [0, 0.1) is 0 Å². The molecular formula is C29H26N2O5S2. The first-order chi connectivity index (χ1) is 18.3. The average Bonchev–Trinajstić information content (AvgIpc) is 3.36. The van der Waals surface area contributed by atoms with Gasteiger partial charge in [0.1, 0.15) is 11.3 Å². The Hall–Kier alpha value is -3.82. The number of hydrogen-bond donors (Lipinski definition) is 2. The van der Waals surface area contributed by atoms with Crippen molar-refractivity contribution in [2.45, 2.75) is 17.7 Å². The fourth-order valence-electron chi connectivity index (χ4n) is 4.02. The quantitative estimate of drug-likeness (QED) is 0.284. The van der Waals surface area contributed by atoms with Crippen LogP contribution in [0.3, 0.4) is 0 Å². The molecule has 0 bridgehead atoms. The summed E-state index contributed by atoms with van der Waals surface area (Å²) >= 11 is 1.74. The van der Waals surface area contributed by atoms with Crippen molar-refractivity contribution in [2.24, 2.45) is 0 Å². The van der Waals surface area contributed by atoms with Gasteiger partial charge in [-0.1, -0.05) is 102 Å². The number of thioether (sulfide) groups is 2. The van der Waals surface area contributed by atoms with Gasteiger partial charge >= 0.3 is 5.97 Å². The Morgan fingerprint density at radius 2 is 1.42 bits per heavy atom. The van der Waals surface area contributed by atoms with E-state index in [0.29, 0.717) is 11.1 Å². The second-order valence-electron chi connectivity index (χ2n) is 8.59. The highest BCUT2D eigenvalue weighted by Gasteiger charge is 2.34. The van der Waals surface area contributed by atoms with Crippen LogP contribution in [0.1, 0.15) is 26.3 Å². The number of carboxylic acid groups (broad SMARTS) is 1. The lowest BCUT2D eigenvalue weighted by Gasteiger charge is -2.28. The highest BCUT2D eigenvalue weighted by Crippen LogP contribution is 2.27. The summed E-state index contributed by atoms with van der Waals surface area (Å²) in [6.07, 6.45) is 1.83.